The van der Waals surface area contributed by atoms with Crippen LogP contribution in [0.3, 0.4) is 0 Å². The summed E-state index contributed by atoms with van der Waals surface area (Å²) in [5.41, 5.74) is 2.86. The van der Waals surface area contributed by atoms with Gasteiger partial charge >= 0.3 is 0 Å². The molecule has 0 spiro atoms. The van der Waals surface area contributed by atoms with E-state index in [4.69, 9.17) is 0 Å². The first kappa shape index (κ1) is 16.6. The number of hydrogen-bond donors (Lipinski definition) is 1. The molecule has 0 aliphatic carbocycles. The zero-order valence-corrected chi connectivity index (χ0v) is 13.8. The van der Waals surface area contributed by atoms with Gasteiger partial charge in [0, 0.05) is 30.1 Å². The number of benzene rings is 2. The number of nitrogens with zero attached hydrogens (tertiary/aromatic N) is 2. The Hall–Kier alpha value is -3.21. The molecule has 0 bridgehead atoms. The molecule has 4 nitrogen and oxygen atoms in total. The average molecular weight is 335 g/mol. The van der Waals surface area contributed by atoms with Gasteiger partial charge in [-0.05, 0) is 42.3 Å². The third-order valence-electron chi connectivity index (χ3n) is 3.83. The fraction of sp³-hybridized carbons (Fsp3) is 0.100. The van der Waals surface area contributed by atoms with E-state index in [1.54, 1.807) is 0 Å². The molecular formula is C20H18FN3O. The Kier molecular flexibility index (Phi) is 5.04. The highest BCUT2D eigenvalue weighted by Crippen LogP contribution is 2.11. The quantitative estimate of drug-likeness (QED) is 0.543. The first-order valence-electron chi connectivity index (χ1n) is 7.93. The summed E-state index contributed by atoms with van der Waals surface area (Å²) in [6.45, 7) is 2.76. The van der Waals surface area contributed by atoms with E-state index >= 15 is 0 Å². The SMILES string of the molecule is Cc1ccccc1Cn1ccc(NC=CC(=O)c2ccc(F)cc2)n1. The second kappa shape index (κ2) is 7.57. The van der Waals surface area contributed by atoms with Gasteiger partial charge in [0.2, 0.25) is 0 Å². The van der Waals surface area contributed by atoms with Crippen molar-refractivity contribution in [2.45, 2.75) is 13.5 Å². The molecule has 3 rings (SSSR count). The fourth-order valence-corrected chi connectivity index (χ4v) is 2.40. The number of halogens is 1. The van der Waals surface area contributed by atoms with Crippen molar-refractivity contribution in [2.24, 2.45) is 0 Å². The number of ketones is 1. The molecule has 1 aromatic heterocycles. The second-order valence-electron chi connectivity index (χ2n) is 5.67. The van der Waals surface area contributed by atoms with Crippen molar-refractivity contribution in [3.8, 4) is 0 Å². The lowest BCUT2D eigenvalue weighted by molar-refractivity contribution is 0.104. The smallest absolute Gasteiger partial charge is 0.187 e. The number of aryl methyl sites for hydroxylation is 1. The molecule has 126 valence electrons. The molecule has 2 aromatic carbocycles. The summed E-state index contributed by atoms with van der Waals surface area (Å²) in [6.07, 6.45) is 4.81. The Labute approximate surface area is 145 Å². The minimum Gasteiger partial charge on any atom is -0.345 e. The van der Waals surface area contributed by atoms with Crippen LogP contribution in [0.5, 0.6) is 0 Å². The lowest BCUT2D eigenvalue weighted by Gasteiger charge is -2.05. The van der Waals surface area contributed by atoms with Gasteiger partial charge in [-0.1, -0.05) is 24.3 Å². The van der Waals surface area contributed by atoms with E-state index < -0.39 is 0 Å². The van der Waals surface area contributed by atoms with Crippen LogP contribution in [0, 0.1) is 12.7 Å². The molecule has 25 heavy (non-hydrogen) atoms. The minimum absolute atomic E-state index is 0.202. The summed E-state index contributed by atoms with van der Waals surface area (Å²) in [6, 6.07) is 15.5. The average Bonchev–Trinajstić information content (AvgIpc) is 3.05. The van der Waals surface area contributed by atoms with E-state index in [-0.39, 0.29) is 11.6 Å². The monoisotopic (exact) mass is 335 g/mol. The Morgan fingerprint density at radius 1 is 1.16 bits per heavy atom. The van der Waals surface area contributed by atoms with Crippen molar-refractivity contribution in [2.75, 3.05) is 5.32 Å². The van der Waals surface area contributed by atoms with Gasteiger partial charge in [-0.2, -0.15) is 5.10 Å². The van der Waals surface area contributed by atoms with Crippen LogP contribution in [0.15, 0.2) is 73.1 Å². The van der Waals surface area contributed by atoms with Crippen molar-refractivity contribution in [3.05, 3.63) is 95.6 Å². The highest BCUT2D eigenvalue weighted by Gasteiger charge is 2.03. The van der Waals surface area contributed by atoms with Gasteiger partial charge in [0.1, 0.15) is 5.82 Å². The normalized spacial score (nSPS) is 11.0. The van der Waals surface area contributed by atoms with Crippen LogP contribution in [-0.4, -0.2) is 15.6 Å². The van der Waals surface area contributed by atoms with Crippen LogP contribution < -0.4 is 5.32 Å². The lowest BCUT2D eigenvalue weighted by atomic mass is 10.1. The van der Waals surface area contributed by atoms with Crippen molar-refractivity contribution < 1.29 is 9.18 Å². The van der Waals surface area contributed by atoms with Crippen molar-refractivity contribution in [1.29, 1.82) is 0 Å². The Morgan fingerprint density at radius 3 is 2.68 bits per heavy atom. The van der Waals surface area contributed by atoms with Gasteiger partial charge in [-0.15, -0.1) is 0 Å². The predicted octanol–water partition coefficient (Wildman–Crippen LogP) is 4.19. The largest absolute Gasteiger partial charge is 0.345 e. The van der Waals surface area contributed by atoms with E-state index in [1.807, 2.05) is 29.1 Å². The summed E-state index contributed by atoms with van der Waals surface area (Å²) < 4.78 is 14.7. The first-order chi connectivity index (χ1) is 12.1. The first-order valence-corrected chi connectivity index (χ1v) is 7.93. The fourth-order valence-electron chi connectivity index (χ4n) is 2.40. The lowest BCUT2D eigenvalue weighted by Crippen LogP contribution is -2.02. The van der Waals surface area contributed by atoms with Crippen LogP contribution in [0.2, 0.25) is 0 Å². The topological polar surface area (TPSA) is 46.9 Å². The maximum atomic E-state index is 12.9. The van der Waals surface area contributed by atoms with Gasteiger partial charge in [0.25, 0.3) is 0 Å². The van der Waals surface area contributed by atoms with E-state index in [2.05, 4.69) is 29.5 Å². The zero-order valence-electron chi connectivity index (χ0n) is 13.8. The molecule has 5 heteroatoms. The van der Waals surface area contributed by atoms with Gasteiger partial charge in [0.15, 0.2) is 11.6 Å². The molecule has 0 amide bonds. The standard InChI is InChI=1S/C20H18FN3O/c1-15-4-2-3-5-17(15)14-24-13-11-20(23-24)22-12-10-19(25)16-6-8-18(21)9-7-16/h2-13H,14H2,1H3,(H,22,23). The molecule has 1 heterocycles. The molecule has 0 aliphatic heterocycles. The Bertz CT molecular complexity index is 897. The number of anilines is 1. The summed E-state index contributed by atoms with van der Waals surface area (Å²) in [5.74, 6) is 0.0847. The third-order valence-corrected chi connectivity index (χ3v) is 3.83. The molecule has 0 unspecified atom stereocenters. The maximum Gasteiger partial charge on any atom is 0.187 e. The maximum absolute atomic E-state index is 12.9. The molecule has 0 saturated heterocycles. The number of nitrogens with one attached hydrogen (secondary N) is 1. The number of carbonyl (C=O) groups excluding carboxylic acids is 1. The molecule has 0 atom stereocenters. The highest BCUT2D eigenvalue weighted by atomic mass is 19.1. The summed E-state index contributed by atoms with van der Waals surface area (Å²) in [7, 11) is 0. The van der Waals surface area contributed by atoms with E-state index in [1.165, 1.54) is 47.7 Å². The van der Waals surface area contributed by atoms with Crippen LogP contribution in [-0.2, 0) is 6.54 Å². The summed E-state index contributed by atoms with van der Waals surface area (Å²) in [5, 5.41) is 7.39. The van der Waals surface area contributed by atoms with Gasteiger partial charge in [-0.25, -0.2) is 4.39 Å². The molecule has 0 aliphatic rings. The van der Waals surface area contributed by atoms with Crippen LogP contribution in [0.25, 0.3) is 0 Å². The van der Waals surface area contributed by atoms with Crippen LogP contribution in [0.4, 0.5) is 10.2 Å². The molecule has 1 N–H and O–H groups in total. The third kappa shape index (κ3) is 4.41. The predicted molar refractivity (Wildman–Crippen MR) is 96.0 cm³/mol. The van der Waals surface area contributed by atoms with Gasteiger partial charge in [0.05, 0.1) is 6.54 Å². The molecule has 3 aromatic rings. The van der Waals surface area contributed by atoms with Crippen molar-refractivity contribution in [1.82, 2.24) is 9.78 Å². The number of allylic oxidation sites excluding steroid dienone is 1. The number of hydrogen-bond acceptors (Lipinski definition) is 3. The number of rotatable bonds is 6. The second-order valence-corrected chi connectivity index (χ2v) is 5.67. The van der Waals surface area contributed by atoms with Crippen molar-refractivity contribution >= 4 is 11.6 Å². The highest BCUT2D eigenvalue weighted by molar-refractivity contribution is 6.04. The molecule has 0 fully saturated rings. The van der Waals surface area contributed by atoms with Gasteiger partial charge < -0.3 is 5.32 Å². The van der Waals surface area contributed by atoms with E-state index in [9.17, 15) is 9.18 Å². The molecule has 0 saturated carbocycles. The Balaban J connectivity index is 1.59. The summed E-state index contributed by atoms with van der Waals surface area (Å²) in [4.78, 5) is 12.0. The summed E-state index contributed by atoms with van der Waals surface area (Å²) >= 11 is 0. The van der Waals surface area contributed by atoms with Gasteiger partial charge in [-0.3, -0.25) is 9.48 Å². The Morgan fingerprint density at radius 2 is 1.92 bits per heavy atom. The molecule has 0 radical (unpaired) electrons. The van der Waals surface area contributed by atoms with E-state index in [0.29, 0.717) is 17.9 Å². The van der Waals surface area contributed by atoms with E-state index in [0.717, 1.165) is 0 Å². The number of carbonyl (C=O) groups is 1. The number of aromatic nitrogens is 2. The molecular weight excluding hydrogens is 317 g/mol. The van der Waals surface area contributed by atoms with Crippen LogP contribution in [0.1, 0.15) is 21.5 Å². The van der Waals surface area contributed by atoms with Crippen molar-refractivity contribution in [3.63, 3.8) is 0 Å². The van der Waals surface area contributed by atoms with Crippen LogP contribution >= 0.6 is 0 Å². The minimum atomic E-state index is -0.363. The zero-order chi connectivity index (χ0) is 17.6.